The summed E-state index contributed by atoms with van der Waals surface area (Å²) in [6.07, 6.45) is 0.657. The molecule has 11 N–H and O–H groups in total. The fourth-order valence-corrected chi connectivity index (χ4v) is 6.22. The van der Waals surface area contributed by atoms with E-state index in [2.05, 4.69) is 42.5 Å². The zero-order valence-corrected chi connectivity index (χ0v) is 38.0. The highest BCUT2D eigenvalue weighted by molar-refractivity contribution is 5.97. The number of rotatable bonds is 26. The van der Waals surface area contributed by atoms with Crippen molar-refractivity contribution in [3.63, 3.8) is 0 Å². The van der Waals surface area contributed by atoms with Gasteiger partial charge in [0.2, 0.25) is 47.3 Å². The average Bonchev–Trinajstić information content (AvgIpc) is 3.17. The third-order valence-corrected chi connectivity index (χ3v) is 9.62. The predicted molar refractivity (Wildman–Crippen MR) is 233 cm³/mol. The minimum atomic E-state index is -1.22. The van der Waals surface area contributed by atoms with Crippen molar-refractivity contribution in [1.29, 1.82) is 0 Å². The minimum absolute atomic E-state index is 0.0344. The molecule has 19 heteroatoms. The molecule has 0 aliphatic rings. The second-order valence-electron chi connectivity index (χ2n) is 17.3. The summed E-state index contributed by atoms with van der Waals surface area (Å²) in [5.74, 6) is -7.18. The van der Waals surface area contributed by atoms with Crippen LogP contribution in [-0.4, -0.2) is 113 Å². The van der Waals surface area contributed by atoms with Gasteiger partial charge in [-0.25, -0.2) is 4.79 Å². The number of amides is 8. The molecule has 0 aliphatic heterocycles. The number of hydrogen-bond acceptors (Lipinski definition) is 10. The molecule has 1 rings (SSSR count). The molecule has 0 radical (unpaired) electrons. The molecule has 62 heavy (non-hydrogen) atoms. The van der Waals surface area contributed by atoms with Crippen LogP contribution >= 0.6 is 0 Å². The first-order valence-corrected chi connectivity index (χ1v) is 21.2. The van der Waals surface area contributed by atoms with E-state index in [0.29, 0.717) is 12.0 Å². The fraction of sp³-hybridized carbons (Fsp3) is 0.651. The van der Waals surface area contributed by atoms with Gasteiger partial charge in [0.25, 0.3) is 0 Å². The molecule has 0 aliphatic carbocycles. The average molecular weight is 874 g/mol. The van der Waals surface area contributed by atoms with Crippen LogP contribution in [0.3, 0.4) is 0 Å². The van der Waals surface area contributed by atoms with Crippen LogP contribution in [0.2, 0.25) is 0 Å². The summed E-state index contributed by atoms with van der Waals surface area (Å²) in [6.45, 7) is 18.3. The lowest BCUT2D eigenvalue weighted by Crippen LogP contribution is -2.60. The van der Waals surface area contributed by atoms with E-state index in [9.17, 15) is 48.3 Å². The molecule has 0 spiro atoms. The van der Waals surface area contributed by atoms with E-state index in [-0.39, 0.29) is 43.6 Å². The molecule has 0 saturated carbocycles. The van der Waals surface area contributed by atoms with Crippen molar-refractivity contribution in [2.24, 2.45) is 29.4 Å². The topological polar surface area (TPSA) is 296 Å². The first kappa shape index (κ1) is 54.4. The van der Waals surface area contributed by atoms with Crippen LogP contribution in [0.15, 0.2) is 30.3 Å². The summed E-state index contributed by atoms with van der Waals surface area (Å²) in [7, 11) is 0. The number of carbonyl (C=O) groups excluding carboxylic acids is 8. The van der Waals surface area contributed by atoms with Crippen LogP contribution in [0.5, 0.6) is 0 Å². The monoisotopic (exact) mass is 874 g/mol. The lowest BCUT2D eigenvalue weighted by atomic mass is 9.99. The van der Waals surface area contributed by atoms with Crippen molar-refractivity contribution in [3.8, 4) is 0 Å². The Morgan fingerprint density at radius 2 is 0.839 bits per heavy atom. The van der Waals surface area contributed by atoms with Crippen LogP contribution < -0.4 is 48.3 Å². The molecule has 0 aromatic heterocycles. The van der Waals surface area contributed by atoms with Crippen molar-refractivity contribution in [1.82, 2.24) is 42.5 Å². The summed E-state index contributed by atoms with van der Waals surface area (Å²) in [5, 5.41) is 30.4. The Hall–Kier alpha value is -5.59. The molecule has 8 amide bonds. The molecule has 8 atom stereocenters. The summed E-state index contributed by atoms with van der Waals surface area (Å²) in [5.41, 5.74) is 6.09. The normalized spacial score (nSPS) is 15.2. The van der Waals surface area contributed by atoms with Gasteiger partial charge >= 0.3 is 5.97 Å². The van der Waals surface area contributed by atoms with Crippen molar-refractivity contribution in [3.05, 3.63) is 35.9 Å². The zero-order valence-electron chi connectivity index (χ0n) is 38.0. The highest BCUT2D eigenvalue weighted by Crippen LogP contribution is 2.11. The van der Waals surface area contributed by atoms with E-state index in [1.54, 1.807) is 44.2 Å². The number of nitrogens with one attached hydrogen (secondary N) is 8. The number of hydrogen-bond donors (Lipinski definition) is 10. The highest BCUT2D eigenvalue weighted by Gasteiger charge is 2.34. The summed E-state index contributed by atoms with van der Waals surface area (Å²) in [6, 6.07) is -0.282. The number of benzene rings is 1. The molecule has 19 nitrogen and oxygen atoms in total. The molecule has 0 heterocycles. The summed E-state index contributed by atoms with van der Waals surface area (Å²) in [4.78, 5) is 117. The third-order valence-electron chi connectivity index (χ3n) is 9.62. The highest BCUT2D eigenvalue weighted by atomic mass is 16.4. The van der Waals surface area contributed by atoms with E-state index in [0.717, 1.165) is 0 Å². The molecule has 348 valence electrons. The van der Waals surface area contributed by atoms with Crippen molar-refractivity contribution in [2.75, 3.05) is 6.54 Å². The molecule has 1 aromatic carbocycles. The van der Waals surface area contributed by atoms with Crippen molar-refractivity contribution in [2.45, 2.75) is 150 Å². The third kappa shape index (κ3) is 19.9. The minimum Gasteiger partial charge on any atom is -0.480 e. The van der Waals surface area contributed by atoms with E-state index in [1.807, 2.05) is 41.5 Å². The maximum Gasteiger partial charge on any atom is 0.326 e. The quantitative estimate of drug-likeness (QED) is 0.0591. The van der Waals surface area contributed by atoms with Gasteiger partial charge in [0.15, 0.2) is 0 Å². The first-order chi connectivity index (χ1) is 28.9. The smallest absolute Gasteiger partial charge is 0.326 e. The summed E-state index contributed by atoms with van der Waals surface area (Å²) >= 11 is 0. The van der Waals surface area contributed by atoms with Gasteiger partial charge < -0.3 is 53.4 Å². The molecular weight excluding hydrogens is 803 g/mol. The van der Waals surface area contributed by atoms with E-state index in [1.165, 1.54) is 20.8 Å². The van der Waals surface area contributed by atoms with Gasteiger partial charge in [-0.2, -0.15) is 0 Å². The van der Waals surface area contributed by atoms with Gasteiger partial charge in [0.1, 0.15) is 48.3 Å². The number of aliphatic carboxylic acids is 1. The lowest BCUT2D eigenvalue weighted by molar-refractivity contribution is -0.142. The predicted octanol–water partition coefficient (Wildman–Crippen LogP) is 0.00480. The van der Waals surface area contributed by atoms with Crippen molar-refractivity contribution < 1.29 is 48.3 Å². The van der Waals surface area contributed by atoms with E-state index >= 15 is 0 Å². The van der Waals surface area contributed by atoms with Gasteiger partial charge in [-0.3, -0.25) is 38.4 Å². The van der Waals surface area contributed by atoms with Crippen LogP contribution in [0, 0.1) is 23.7 Å². The molecular formula is C43H71N9O10. The van der Waals surface area contributed by atoms with Crippen LogP contribution in [0.25, 0.3) is 0 Å². The molecule has 0 unspecified atom stereocenters. The lowest BCUT2D eigenvalue weighted by Gasteiger charge is -2.28. The number of carbonyl (C=O) groups is 9. The van der Waals surface area contributed by atoms with Crippen LogP contribution in [0.4, 0.5) is 0 Å². The Labute approximate surface area is 365 Å². The second-order valence-corrected chi connectivity index (χ2v) is 17.3. The molecule has 0 saturated heterocycles. The largest absolute Gasteiger partial charge is 0.480 e. The van der Waals surface area contributed by atoms with Gasteiger partial charge in [-0.15, -0.1) is 0 Å². The number of carboxylic acids is 1. The van der Waals surface area contributed by atoms with Crippen LogP contribution in [-0.2, 0) is 49.6 Å². The Bertz CT molecular complexity index is 1690. The van der Waals surface area contributed by atoms with Crippen LogP contribution in [0.1, 0.15) is 101 Å². The van der Waals surface area contributed by atoms with Gasteiger partial charge in [0.05, 0.1) is 6.54 Å². The standard InChI is InChI=1S/C43H71N9O10/c1-22(2)17-30(48-34(53)21-44)39(57)47-28(11)38(56)52-35(25(7)8)42(60)50-31(18-23(3)4)40(58)46-26(9)36(54)45-27(10)37(55)49-32(20-29-15-13-12-14-16-29)41(59)51-33(43(61)62)19-24(5)6/h12-16,22-28,30-33,35H,17-21,44H2,1-11H3,(H,45,54)(H,46,58)(H,47,57)(H,48,53)(H,49,55)(H,50,60)(H,51,59)(H,52,56)(H,61,62)/t26-,27-,28-,30-,31-,32-,33-,35-/m0/s1. The van der Waals surface area contributed by atoms with Crippen molar-refractivity contribution >= 4 is 53.2 Å². The Kier molecular flexibility index (Phi) is 23.4. The Morgan fingerprint density at radius 3 is 1.27 bits per heavy atom. The Morgan fingerprint density at radius 1 is 0.468 bits per heavy atom. The van der Waals surface area contributed by atoms with Gasteiger partial charge in [0, 0.05) is 6.42 Å². The second kappa shape index (κ2) is 26.7. The summed E-state index contributed by atoms with van der Waals surface area (Å²) < 4.78 is 0. The fourth-order valence-electron chi connectivity index (χ4n) is 6.22. The number of nitrogens with two attached hydrogens (primary N) is 1. The number of carboxylic acid groups (broad SMARTS) is 1. The molecule has 0 fully saturated rings. The SMILES string of the molecule is CC(C)C[C@H](NC(=O)[C@H](Cc1ccccc1)NC(=O)[C@H](C)NC(=O)[C@H](C)NC(=O)[C@H](CC(C)C)NC(=O)[C@@H](NC(=O)[C@H](C)NC(=O)[C@H](CC(C)C)NC(=O)CN)C(C)C)C(=O)O. The Balaban J connectivity index is 3.04. The van der Waals surface area contributed by atoms with Gasteiger partial charge in [-0.1, -0.05) is 85.7 Å². The maximum atomic E-state index is 13.6. The van der Waals surface area contributed by atoms with E-state index in [4.69, 9.17) is 5.73 Å². The molecule has 0 bridgehead atoms. The maximum absolute atomic E-state index is 13.6. The molecule has 1 aromatic rings. The first-order valence-electron chi connectivity index (χ1n) is 21.2. The van der Waals surface area contributed by atoms with Gasteiger partial charge in [-0.05, 0) is 69.3 Å². The van der Waals surface area contributed by atoms with E-state index < -0.39 is 107 Å². The zero-order chi connectivity index (χ0) is 47.4.